The zero-order valence-electron chi connectivity index (χ0n) is 19.7. The smallest absolute Gasteiger partial charge is 0.349 e. The predicted molar refractivity (Wildman–Crippen MR) is 129 cm³/mol. The molecule has 1 aromatic heterocycles. The molecule has 2 aromatic carbocycles. The number of furan rings is 1. The molecule has 0 aliphatic rings. The van der Waals surface area contributed by atoms with Crippen LogP contribution < -0.4 is 19.5 Å². The molecule has 3 rings (SSSR count). The third-order valence-corrected chi connectivity index (χ3v) is 4.98. The van der Waals surface area contributed by atoms with Gasteiger partial charge in [0.05, 0.1) is 19.9 Å². The molecule has 0 unspecified atom stereocenters. The Morgan fingerprint density at radius 2 is 1.89 bits per heavy atom. The van der Waals surface area contributed by atoms with E-state index in [0.717, 1.165) is 5.56 Å². The van der Waals surface area contributed by atoms with Crippen LogP contribution in [0.15, 0.2) is 70.9 Å². The van der Waals surface area contributed by atoms with Crippen LogP contribution in [0.5, 0.6) is 17.2 Å². The zero-order chi connectivity index (χ0) is 25.2. The van der Waals surface area contributed by atoms with Crippen LogP contribution in [0, 0.1) is 11.3 Å². The molecule has 0 aliphatic heterocycles. The van der Waals surface area contributed by atoms with Crippen molar-refractivity contribution in [1.29, 1.82) is 5.26 Å². The van der Waals surface area contributed by atoms with Gasteiger partial charge in [0.25, 0.3) is 5.91 Å². The molecule has 0 aliphatic carbocycles. The average molecular weight is 475 g/mol. The molecule has 8 heteroatoms. The second-order valence-electron chi connectivity index (χ2n) is 7.80. The van der Waals surface area contributed by atoms with Crippen molar-refractivity contribution in [2.24, 2.45) is 0 Å². The summed E-state index contributed by atoms with van der Waals surface area (Å²) in [6.07, 6.45) is 2.91. The minimum Gasteiger partial charge on any atom is -0.493 e. The second kappa shape index (κ2) is 12.1. The van der Waals surface area contributed by atoms with Gasteiger partial charge < -0.3 is 23.9 Å². The van der Waals surface area contributed by atoms with Gasteiger partial charge in [0.2, 0.25) is 0 Å². The van der Waals surface area contributed by atoms with Gasteiger partial charge in [-0.05, 0) is 53.5 Å². The lowest BCUT2D eigenvalue weighted by molar-refractivity contribution is -0.136. The van der Waals surface area contributed by atoms with Crippen LogP contribution in [0.3, 0.4) is 0 Å². The van der Waals surface area contributed by atoms with E-state index >= 15 is 0 Å². The van der Waals surface area contributed by atoms with Crippen LogP contribution in [0.1, 0.15) is 36.7 Å². The fourth-order valence-corrected chi connectivity index (χ4v) is 3.23. The summed E-state index contributed by atoms with van der Waals surface area (Å²) in [6.45, 7) is 3.97. The highest BCUT2D eigenvalue weighted by Gasteiger charge is 2.15. The average Bonchev–Trinajstić information content (AvgIpc) is 3.39. The summed E-state index contributed by atoms with van der Waals surface area (Å²) in [5.74, 6) is 0.756. The fourth-order valence-electron chi connectivity index (χ4n) is 3.23. The number of para-hydroxylation sites is 1. The fraction of sp³-hybridized carbons (Fsp3) is 0.222. The number of carbonyl (C=O) groups excluding carboxylic acids is 2. The first-order valence-electron chi connectivity index (χ1n) is 10.9. The van der Waals surface area contributed by atoms with Gasteiger partial charge in [-0.1, -0.05) is 38.1 Å². The molecule has 1 N–H and O–H groups in total. The van der Waals surface area contributed by atoms with E-state index in [9.17, 15) is 14.9 Å². The van der Waals surface area contributed by atoms with Crippen LogP contribution in [-0.4, -0.2) is 25.6 Å². The molecule has 0 fully saturated rings. The van der Waals surface area contributed by atoms with Gasteiger partial charge in [0, 0.05) is 0 Å². The van der Waals surface area contributed by atoms with Gasteiger partial charge in [-0.15, -0.1) is 0 Å². The maximum atomic E-state index is 12.4. The summed E-state index contributed by atoms with van der Waals surface area (Å²) in [4.78, 5) is 24.7. The quantitative estimate of drug-likeness (QED) is 0.198. The Labute approximate surface area is 203 Å². The van der Waals surface area contributed by atoms with Gasteiger partial charge in [-0.25, -0.2) is 4.79 Å². The van der Waals surface area contributed by atoms with Crippen molar-refractivity contribution in [2.75, 3.05) is 13.7 Å². The van der Waals surface area contributed by atoms with E-state index in [2.05, 4.69) is 5.32 Å². The van der Waals surface area contributed by atoms with Crippen LogP contribution in [0.4, 0.5) is 0 Å². The van der Waals surface area contributed by atoms with Crippen LogP contribution >= 0.6 is 0 Å². The zero-order valence-corrected chi connectivity index (χ0v) is 19.7. The Morgan fingerprint density at radius 3 is 2.57 bits per heavy atom. The molecule has 180 valence electrons. The lowest BCUT2D eigenvalue weighted by atomic mass is 10.0. The number of amides is 1. The molecule has 8 nitrogen and oxygen atoms in total. The Hall–Kier alpha value is -4.51. The number of methoxy groups -OCH3 is 1. The molecule has 3 aromatic rings. The van der Waals surface area contributed by atoms with Crippen molar-refractivity contribution in [3.63, 3.8) is 0 Å². The molecule has 0 saturated heterocycles. The van der Waals surface area contributed by atoms with E-state index in [0.29, 0.717) is 17.1 Å². The second-order valence-corrected chi connectivity index (χ2v) is 7.80. The molecular weight excluding hydrogens is 448 g/mol. The summed E-state index contributed by atoms with van der Waals surface area (Å²) in [5.41, 5.74) is 1.42. The summed E-state index contributed by atoms with van der Waals surface area (Å²) in [5, 5.41) is 12.0. The van der Waals surface area contributed by atoms with E-state index in [-0.39, 0.29) is 36.1 Å². The number of nitrogens with zero attached hydrogens (tertiary/aromatic N) is 1. The van der Waals surface area contributed by atoms with Crippen LogP contribution in [-0.2, 0) is 16.1 Å². The van der Waals surface area contributed by atoms with Crippen molar-refractivity contribution in [3.05, 3.63) is 83.3 Å². The first-order chi connectivity index (χ1) is 16.9. The normalized spacial score (nSPS) is 11.0. The van der Waals surface area contributed by atoms with Gasteiger partial charge in [-0.3, -0.25) is 4.79 Å². The van der Waals surface area contributed by atoms with Crippen molar-refractivity contribution < 1.29 is 28.2 Å². The SMILES string of the molecule is COc1cc(/C=C(\C#N)C(=O)NCc2ccco2)ccc1OC(=O)COc1ccccc1C(C)C. The number of hydrogen-bond acceptors (Lipinski definition) is 7. The minimum absolute atomic E-state index is 0.0967. The summed E-state index contributed by atoms with van der Waals surface area (Å²) < 4.78 is 21.6. The monoisotopic (exact) mass is 474 g/mol. The largest absolute Gasteiger partial charge is 0.493 e. The van der Waals surface area contributed by atoms with Gasteiger partial charge in [0.1, 0.15) is 23.2 Å². The highest BCUT2D eigenvalue weighted by atomic mass is 16.6. The Balaban J connectivity index is 1.65. The number of benzene rings is 2. The number of hydrogen-bond donors (Lipinski definition) is 1. The van der Waals surface area contributed by atoms with Gasteiger partial charge >= 0.3 is 5.97 Å². The molecule has 35 heavy (non-hydrogen) atoms. The Morgan fingerprint density at radius 1 is 1.09 bits per heavy atom. The number of esters is 1. The molecule has 0 bridgehead atoms. The molecule has 0 radical (unpaired) electrons. The highest BCUT2D eigenvalue weighted by molar-refractivity contribution is 6.01. The summed E-state index contributed by atoms with van der Waals surface area (Å²) in [6, 6.07) is 17.5. The predicted octanol–water partition coefficient (Wildman–Crippen LogP) is 4.62. The highest BCUT2D eigenvalue weighted by Crippen LogP contribution is 2.30. The number of rotatable bonds is 10. The van der Waals surface area contributed by atoms with Crippen molar-refractivity contribution >= 4 is 18.0 Å². The molecule has 0 atom stereocenters. The molecule has 0 spiro atoms. The van der Waals surface area contributed by atoms with E-state index < -0.39 is 11.9 Å². The van der Waals surface area contributed by atoms with Crippen molar-refractivity contribution in [2.45, 2.75) is 26.3 Å². The minimum atomic E-state index is -0.597. The maximum absolute atomic E-state index is 12.4. The Kier molecular flexibility index (Phi) is 8.68. The lowest BCUT2D eigenvalue weighted by Crippen LogP contribution is -2.23. The number of nitriles is 1. The van der Waals surface area contributed by atoms with E-state index in [1.807, 2.05) is 44.2 Å². The van der Waals surface area contributed by atoms with Crippen LogP contribution in [0.25, 0.3) is 6.08 Å². The molecular formula is C27H26N2O6. The third kappa shape index (κ3) is 6.98. The number of nitrogens with one attached hydrogen (secondary N) is 1. The molecule has 0 saturated carbocycles. The lowest BCUT2D eigenvalue weighted by Gasteiger charge is -2.14. The molecule has 1 heterocycles. The molecule has 1 amide bonds. The first-order valence-corrected chi connectivity index (χ1v) is 10.9. The number of ether oxygens (including phenoxy) is 3. The number of carbonyl (C=O) groups is 2. The Bertz CT molecular complexity index is 1240. The van der Waals surface area contributed by atoms with E-state index in [4.69, 9.17) is 18.6 Å². The van der Waals surface area contributed by atoms with Crippen molar-refractivity contribution in [3.8, 4) is 23.3 Å². The van der Waals surface area contributed by atoms with E-state index in [1.165, 1.54) is 25.5 Å². The van der Waals surface area contributed by atoms with Crippen molar-refractivity contribution in [1.82, 2.24) is 5.32 Å². The first kappa shape index (κ1) is 25.1. The van der Waals surface area contributed by atoms with Gasteiger partial charge in [0.15, 0.2) is 18.1 Å². The van der Waals surface area contributed by atoms with Gasteiger partial charge in [-0.2, -0.15) is 5.26 Å². The summed E-state index contributed by atoms with van der Waals surface area (Å²) >= 11 is 0. The topological polar surface area (TPSA) is 111 Å². The standard InChI is InChI=1S/C27H26N2O6/c1-18(2)22-8-4-5-9-23(22)34-17-26(30)35-24-11-10-19(14-25(24)32-3)13-20(15-28)27(31)29-16-21-7-6-12-33-21/h4-14,18H,16-17H2,1-3H3,(H,29,31)/b20-13+. The summed E-state index contributed by atoms with van der Waals surface area (Å²) in [7, 11) is 1.43. The van der Waals surface area contributed by atoms with E-state index in [1.54, 1.807) is 24.3 Å². The van der Waals surface area contributed by atoms with Crippen LogP contribution in [0.2, 0.25) is 0 Å². The third-order valence-electron chi connectivity index (χ3n) is 4.98. The maximum Gasteiger partial charge on any atom is 0.349 e.